The Kier molecular flexibility index (Phi) is 51.1. The van der Waals surface area contributed by atoms with E-state index in [9.17, 15) is 43.2 Å². The summed E-state index contributed by atoms with van der Waals surface area (Å²) in [5, 5.41) is 10.5. The number of aliphatic hydroxyl groups is 1. The van der Waals surface area contributed by atoms with E-state index in [-0.39, 0.29) is 25.7 Å². The fraction of sp³-hybridized carbons (Fsp3) is 0.935. The number of phosphoric ester groups is 2. The van der Waals surface area contributed by atoms with Crippen LogP contribution in [0.1, 0.15) is 293 Å². The van der Waals surface area contributed by atoms with E-state index in [0.29, 0.717) is 37.5 Å². The molecular weight excluding hydrogens is 1080 g/mol. The van der Waals surface area contributed by atoms with Crippen molar-refractivity contribution in [2.75, 3.05) is 39.6 Å². The van der Waals surface area contributed by atoms with Gasteiger partial charge < -0.3 is 33.8 Å². The fourth-order valence-corrected chi connectivity index (χ4v) is 10.6. The third-order valence-electron chi connectivity index (χ3n) is 14.4. The molecule has 0 bridgehead atoms. The van der Waals surface area contributed by atoms with Gasteiger partial charge in [-0.1, -0.05) is 242 Å². The number of carbonyl (C=O) groups is 4. The average Bonchev–Trinajstić information content (AvgIpc) is 3.41. The molecule has 0 aromatic heterocycles. The summed E-state index contributed by atoms with van der Waals surface area (Å²) in [4.78, 5) is 72.1. The zero-order valence-electron chi connectivity index (χ0n) is 52.4. The molecule has 4 unspecified atom stereocenters. The Balaban J connectivity index is 5.25. The summed E-state index contributed by atoms with van der Waals surface area (Å²) in [6.45, 7) is 13.9. The minimum absolute atomic E-state index is 0.101. The summed E-state index contributed by atoms with van der Waals surface area (Å²) in [5.41, 5.74) is 0. The maximum atomic E-state index is 12.9. The second-order valence-corrected chi connectivity index (χ2v) is 27.0. The molecule has 0 aliphatic rings. The molecule has 81 heavy (non-hydrogen) atoms. The van der Waals surface area contributed by atoms with Gasteiger partial charge in [0.25, 0.3) is 0 Å². The van der Waals surface area contributed by atoms with E-state index >= 15 is 0 Å². The van der Waals surface area contributed by atoms with Crippen LogP contribution in [0.3, 0.4) is 0 Å². The molecule has 0 saturated carbocycles. The fourth-order valence-electron chi connectivity index (χ4n) is 9.04. The van der Waals surface area contributed by atoms with Crippen molar-refractivity contribution in [3.8, 4) is 0 Å². The van der Waals surface area contributed by atoms with Crippen molar-refractivity contribution in [3.63, 3.8) is 0 Å². The average molecular weight is 1200 g/mol. The Hall–Kier alpha value is -1.94. The van der Waals surface area contributed by atoms with E-state index in [4.69, 9.17) is 37.0 Å². The molecule has 0 aromatic carbocycles. The highest BCUT2D eigenvalue weighted by Gasteiger charge is 2.30. The highest BCUT2D eigenvalue weighted by Crippen LogP contribution is 2.45. The van der Waals surface area contributed by atoms with E-state index in [1.807, 2.05) is 0 Å². The lowest BCUT2D eigenvalue weighted by Gasteiger charge is -2.21. The summed E-state index contributed by atoms with van der Waals surface area (Å²) in [7, 11) is -9.88. The Morgan fingerprint density at radius 1 is 0.346 bits per heavy atom. The van der Waals surface area contributed by atoms with E-state index < -0.39 is 97.5 Å². The molecule has 0 amide bonds. The molecule has 0 radical (unpaired) electrons. The molecule has 0 aliphatic heterocycles. The second kappa shape index (κ2) is 52.4. The molecule has 6 atom stereocenters. The Labute approximate surface area is 492 Å². The van der Waals surface area contributed by atoms with Crippen molar-refractivity contribution in [1.82, 2.24) is 0 Å². The van der Waals surface area contributed by atoms with Crippen molar-refractivity contribution in [2.45, 2.75) is 311 Å². The molecule has 19 heteroatoms. The van der Waals surface area contributed by atoms with Gasteiger partial charge in [0.1, 0.15) is 19.3 Å². The molecule has 0 spiro atoms. The normalized spacial score (nSPS) is 14.8. The van der Waals surface area contributed by atoms with Gasteiger partial charge >= 0.3 is 39.5 Å². The van der Waals surface area contributed by atoms with Gasteiger partial charge in [-0.15, -0.1) is 0 Å². The van der Waals surface area contributed by atoms with Gasteiger partial charge in [-0.05, 0) is 49.4 Å². The molecular formula is C62H120O17P2. The lowest BCUT2D eigenvalue weighted by molar-refractivity contribution is -0.161. The van der Waals surface area contributed by atoms with Crippen LogP contribution in [0.15, 0.2) is 0 Å². The Bertz CT molecular complexity index is 1630. The van der Waals surface area contributed by atoms with Crippen molar-refractivity contribution >= 4 is 39.5 Å². The van der Waals surface area contributed by atoms with E-state index in [1.54, 1.807) is 0 Å². The number of hydrogen-bond donors (Lipinski definition) is 3. The minimum atomic E-state index is -4.94. The third-order valence-corrected chi connectivity index (χ3v) is 16.3. The van der Waals surface area contributed by atoms with Crippen LogP contribution < -0.4 is 0 Å². The van der Waals surface area contributed by atoms with Crippen molar-refractivity contribution in [1.29, 1.82) is 0 Å². The van der Waals surface area contributed by atoms with Gasteiger partial charge in [-0.25, -0.2) is 9.13 Å². The predicted molar refractivity (Wildman–Crippen MR) is 321 cm³/mol. The quantitative estimate of drug-likeness (QED) is 0.0222. The molecule has 0 heterocycles. The number of unbranched alkanes of at least 4 members (excludes halogenated alkanes) is 24. The van der Waals surface area contributed by atoms with E-state index in [0.717, 1.165) is 115 Å². The molecule has 0 fully saturated rings. The first kappa shape index (κ1) is 79.1. The van der Waals surface area contributed by atoms with Crippen LogP contribution in [-0.4, -0.2) is 96.7 Å². The summed E-state index contributed by atoms with van der Waals surface area (Å²) >= 11 is 0. The van der Waals surface area contributed by atoms with Gasteiger partial charge in [0.05, 0.1) is 26.4 Å². The summed E-state index contributed by atoms with van der Waals surface area (Å²) in [5.74, 6) is 0.695. The number of carbonyl (C=O) groups excluding carboxylic acids is 4. The number of rotatable bonds is 59. The lowest BCUT2D eigenvalue weighted by Crippen LogP contribution is -2.30. The Morgan fingerprint density at radius 3 is 0.877 bits per heavy atom. The van der Waals surface area contributed by atoms with Gasteiger partial charge in [0, 0.05) is 25.7 Å². The highest BCUT2D eigenvalue weighted by atomic mass is 31.2. The summed E-state index contributed by atoms with van der Waals surface area (Å²) in [6, 6.07) is 0. The van der Waals surface area contributed by atoms with Crippen LogP contribution in [0.2, 0.25) is 0 Å². The molecule has 3 N–H and O–H groups in total. The van der Waals surface area contributed by atoms with Crippen LogP contribution in [0.25, 0.3) is 0 Å². The lowest BCUT2D eigenvalue weighted by atomic mass is 10.00. The zero-order valence-corrected chi connectivity index (χ0v) is 54.2. The molecule has 17 nitrogen and oxygen atoms in total. The van der Waals surface area contributed by atoms with Gasteiger partial charge in [0.2, 0.25) is 0 Å². The maximum absolute atomic E-state index is 12.9. The number of esters is 4. The van der Waals surface area contributed by atoms with Gasteiger partial charge in [-0.3, -0.25) is 37.3 Å². The second-order valence-electron chi connectivity index (χ2n) is 24.1. The van der Waals surface area contributed by atoms with Gasteiger partial charge in [0.15, 0.2) is 12.2 Å². The molecule has 480 valence electrons. The number of aliphatic hydroxyl groups excluding tert-OH is 1. The zero-order chi connectivity index (χ0) is 60.4. The monoisotopic (exact) mass is 1200 g/mol. The van der Waals surface area contributed by atoms with Gasteiger partial charge in [-0.2, -0.15) is 0 Å². The molecule has 0 aromatic rings. The van der Waals surface area contributed by atoms with Crippen molar-refractivity contribution in [3.05, 3.63) is 0 Å². The number of phosphoric acid groups is 2. The van der Waals surface area contributed by atoms with Crippen LogP contribution in [0.4, 0.5) is 0 Å². The molecule has 0 rings (SSSR count). The van der Waals surface area contributed by atoms with Crippen molar-refractivity contribution < 1.29 is 80.2 Å². The SMILES string of the molecule is CCC(C)CCCCCCCCC(=O)O[C@H](COC(=O)CCCCCCCCCC(C)C)COP(=O)(O)OCC(O)COP(=O)(O)OC[C@@H](COC(=O)CCCCCCCCC(C)C)OC(=O)CCCCCCCCCCCC(C)C. The first-order valence-electron chi connectivity index (χ1n) is 32.2. The predicted octanol–water partition coefficient (Wildman–Crippen LogP) is 16.6. The van der Waals surface area contributed by atoms with Crippen LogP contribution in [0, 0.1) is 23.7 Å². The minimum Gasteiger partial charge on any atom is -0.462 e. The van der Waals surface area contributed by atoms with Crippen LogP contribution in [0.5, 0.6) is 0 Å². The summed E-state index contributed by atoms with van der Waals surface area (Å²) in [6.07, 6.45) is 31.0. The standard InChI is InChI=1S/C62H120O17P2/c1-9-55(8)41-33-25-19-21-29-37-45-62(67)79-58(48-72-59(64)42-34-26-17-13-15-23-31-39-53(4)5)51-77-81(70,71)75-47-56(63)46-74-80(68,69)76-50-57(49-73-60(65)43-35-27-20-18-24-32-40-54(6)7)78-61(66)44-36-28-16-12-10-11-14-22-30-38-52(2)3/h52-58,63H,9-51H2,1-8H3,(H,68,69)(H,70,71)/t55?,56?,57-,58-/m1/s1. The number of ether oxygens (including phenoxy) is 4. The first-order valence-corrected chi connectivity index (χ1v) is 35.2. The van der Waals surface area contributed by atoms with Crippen molar-refractivity contribution in [2.24, 2.45) is 23.7 Å². The third kappa shape index (κ3) is 55.7. The highest BCUT2D eigenvalue weighted by molar-refractivity contribution is 7.47. The molecule has 0 saturated heterocycles. The largest absolute Gasteiger partial charge is 0.472 e. The summed E-state index contributed by atoms with van der Waals surface area (Å²) < 4.78 is 67.9. The van der Waals surface area contributed by atoms with E-state index in [2.05, 4.69) is 55.4 Å². The van der Waals surface area contributed by atoms with Crippen LogP contribution in [-0.2, 0) is 65.4 Å². The van der Waals surface area contributed by atoms with Crippen LogP contribution >= 0.6 is 15.6 Å². The molecule has 0 aliphatic carbocycles. The first-order chi connectivity index (χ1) is 38.6. The topological polar surface area (TPSA) is 237 Å². The Morgan fingerprint density at radius 2 is 0.593 bits per heavy atom. The van der Waals surface area contributed by atoms with E-state index in [1.165, 1.54) is 83.5 Å². The smallest absolute Gasteiger partial charge is 0.462 e. The maximum Gasteiger partial charge on any atom is 0.472 e. The number of hydrogen-bond acceptors (Lipinski definition) is 15.